The van der Waals surface area contributed by atoms with Gasteiger partial charge in [0.05, 0.1) is 11.0 Å². The van der Waals surface area contributed by atoms with Gasteiger partial charge in [-0.1, -0.05) is 36.4 Å². The van der Waals surface area contributed by atoms with Gasteiger partial charge in [-0.3, -0.25) is 10.0 Å². The van der Waals surface area contributed by atoms with E-state index in [0.29, 0.717) is 28.0 Å². The van der Waals surface area contributed by atoms with Crippen molar-refractivity contribution >= 4 is 16.9 Å². The van der Waals surface area contributed by atoms with Crippen molar-refractivity contribution in [2.75, 3.05) is 0 Å². The third-order valence-electron chi connectivity index (χ3n) is 4.17. The van der Waals surface area contributed by atoms with Crippen molar-refractivity contribution in [2.24, 2.45) is 0 Å². The third kappa shape index (κ3) is 2.82. The SMILES string of the molecule is O=C(NO)c1ccc2nc(-c3cccc(-c4ccccc4F)c3)[nH]c2c1. The number of hydrogen-bond donors (Lipinski definition) is 3. The maximum absolute atomic E-state index is 14.0. The lowest BCUT2D eigenvalue weighted by atomic mass is 10.0. The van der Waals surface area contributed by atoms with Crippen molar-refractivity contribution in [1.82, 2.24) is 15.4 Å². The van der Waals surface area contributed by atoms with Gasteiger partial charge >= 0.3 is 0 Å². The summed E-state index contributed by atoms with van der Waals surface area (Å²) in [5.74, 6) is -0.266. The van der Waals surface area contributed by atoms with Crippen LogP contribution < -0.4 is 5.48 Å². The van der Waals surface area contributed by atoms with Crippen LogP contribution in [0.4, 0.5) is 4.39 Å². The third-order valence-corrected chi connectivity index (χ3v) is 4.17. The number of imidazole rings is 1. The molecule has 26 heavy (non-hydrogen) atoms. The molecular weight excluding hydrogens is 333 g/mol. The van der Waals surface area contributed by atoms with Gasteiger partial charge in [-0.15, -0.1) is 0 Å². The zero-order chi connectivity index (χ0) is 18.1. The topological polar surface area (TPSA) is 78.0 Å². The minimum Gasteiger partial charge on any atom is -0.338 e. The molecule has 1 aromatic heterocycles. The maximum Gasteiger partial charge on any atom is 0.274 e. The molecule has 1 heterocycles. The van der Waals surface area contributed by atoms with Gasteiger partial charge in [-0.25, -0.2) is 14.9 Å². The number of aromatic nitrogens is 2. The lowest BCUT2D eigenvalue weighted by molar-refractivity contribution is 0.0706. The summed E-state index contributed by atoms with van der Waals surface area (Å²) >= 11 is 0. The number of carbonyl (C=O) groups excluding carboxylic acids is 1. The highest BCUT2D eigenvalue weighted by Crippen LogP contribution is 2.28. The Labute approximate surface area is 148 Å². The summed E-state index contributed by atoms with van der Waals surface area (Å²) in [7, 11) is 0. The molecule has 3 aromatic carbocycles. The molecule has 3 N–H and O–H groups in total. The first-order valence-electron chi connectivity index (χ1n) is 7.95. The smallest absolute Gasteiger partial charge is 0.274 e. The minimum absolute atomic E-state index is 0.283. The largest absolute Gasteiger partial charge is 0.338 e. The molecule has 0 saturated carbocycles. The molecule has 0 unspecified atom stereocenters. The number of halogens is 1. The van der Waals surface area contributed by atoms with E-state index in [0.717, 1.165) is 11.1 Å². The number of hydroxylamine groups is 1. The summed E-state index contributed by atoms with van der Waals surface area (Å²) in [6.45, 7) is 0. The number of fused-ring (bicyclic) bond motifs is 1. The van der Waals surface area contributed by atoms with Gasteiger partial charge in [0.25, 0.3) is 5.91 Å². The molecule has 1 amide bonds. The molecule has 0 bridgehead atoms. The van der Waals surface area contributed by atoms with Crippen LogP contribution in [-0.4, -0.2) is 21.1 Å². The van der Waals surface area contributed by atoms with Gasteiger partial charge in [-0.2, -0.15) is 0 Å². The van der Waals surface area contributed by atoms with Crippen LogP contribution in [0.5, 0.6) is 0 Å². The van der Waals surface area contributed by atoms with Gasteiger partial charge in [0.1, 0.15) is 11.6 Å². The van der Waals surface area contributed by atoms with Gasteiger partial charge in [0.15, 0.2) is 0 Å². The highest BCUT2D eigenvalue weighted by molar-refractivity contribution is 5.97. The monoisotopic (exact) mass is 347 g/mol. The van der Waals surface area contributed by atoms with E-state index < -0.39 is 5.91 Å². The van der Waals surface area contributed by atoms with E-state index in [2.05, 4.69) is 9.97 Å². The lowest BCUT2D eigenvalue weighted by Crippen LogP contribution is -2.18. The van der Waals surface area contributed by atoms with Crippen molar-refractivity contribution in [1.29, 1.82) is 0 Å². The Balaban J connectivity index is 1.77. The van der Waals surface area contributed by atoms with Crippen LogP contribution in [0.25, 0.3) is 33.5 Å². The maximum atomic E-state index is 14.0. The van der Waals surface area contributed by atoms with E-state index in [1.54, 1.807) is 41.9 Å². The molecule has 0 spiro atoms. The fraction of sp³-hybridized carbons (Fsp3) is 0. The van der Waals surface area contributed by atoms with Crippen LogP contribution in [0, 0.1) is 5.82 Å². The summed E-state index contributed by atoms with van der Waals surface area (Å²) in [6.07, 6.45) is 0. The first-order chi connectivity index (χ1) is 12.7. The number of aromatic amines is 1. The normalized spacial score (nSPS) is 10.8. The van der Waals surface area contributed by atoms with Gasteiger partial charge in [0.2, 0.25) is 0 Å². The Bertz CT molecular complexity index is 1120. The Hall–Kier alpha value is -3.51. The fourth-order valence-corrected chi connectivity index (χ4v) is 2.88. The molecule has 0 radical (unpaired) electrons. The number of H-pyrrole nitrogens is 1. The fourth-order valence-electron chi connectivity index (χ4n) is 2.88. The molecule has 0 saturated heterocycles. The van der Waals surface area contributed by atoms with Crippen LogP contribution in [-0.2, 0) is 0 Å². The predicted molar refractivity (Wildman–Crippen MR) is 96.2 cm³/mol. The van der Waals surface area contributed by atoms with Crippen molar-refractivity contribution in [3.63, 3.8) is 0 Å². The van der Waals surface area contributed by atoms with Crippen molar-refractivity contribution in [3.05, 3.63) is 78.1 Å². The molecule has 6 heteroatoms. The summed E-state index contributed by atoms with van der Waals surface area (Å²) in [5.41, 5.74) is 5.34. The Morgan fingerprint density at radius 3 is 2.62 bits per heavy atom. The molecular formula is C20H14FN3O2. The lowest BCUT2D eigenvalue weighted by Gasteiger charge is -2.05. The zero-order valence-corrected chi connectivity index (χ0v) is 13.5. The second-order valence-electron chi connectivity index (χ2n) is 5.82. The van der Waals surface area contributed by atoms with Crippen molar-refractivity contribution in [2.45, 2.75) is 0 Å². The molecule has 0 aliphatic heterocycles. The van der Waals surface area contributed by atoms with E-state index in [4.69, 9.17) is 5.21 Å². The second-order valence-corrected chi connectivity index (χ2v) is 5.82. The van der Waals surface area contributed by atoms with E-state index in [1.165, 1.54) is 6.07 Å². The number of benzene rings is 3. The van der Waals surface area contributed by atoms with E-state index in [-0.39, 0.29) is 5.82 Å². The molecule has 4 rings (SSSR count). The summed E-state index contributed by atoms with van der Waals surface area (Å²) in [4.78, 5) is 19.2. The van der Waals surface area contributed by atoms with Crippen LogP contribution in [0.3, 0.4) is 0 Å². The molecule has 0 fully saturated rings. The zero-order valence-electron chi connectivity index (χ0n) is 13.5. The molecule has 4 aromatic rings. The number of amides is 1. The van der Waals surface area contributed by atoms with Crippen LogP contribution in [0.2, 0.25) is 0 Å². The molecule has 0 aliphatic carbocycles. The van der Waals surface area contributed by atoms with E-state index in [1.807, 2.05) is 24.3 Å². The summed E-state index contributed by atoms with van der Waals surface area (Å²) in [6, 6.07) is 18.9. The predicted octanol–water partition coefficient (Wildman–Crippen LogP) is 4.16. The molecule has 5 nitrogen and oxygen atoms in total. The van der Waals surface area contributed by atoms with Gasteiger partial charge in [-0.05, 0) is 35.9 Å². The number of hydrogen-bond acceptors (Lipinski definition) is 3. The minimum atomic E-state index is -0.593. The van der Waals surface area contributed by atoms with Gasteiger partial charge < -0.3 is 4.98 Å². The number of nitrogens with one attached hydrogen (secondary N) is 2. The highest BCUT2D eigenvalue weighted by Gasteiger charge is 2.11. The molecule has 128 valence electrons. The first-order valence-corrected chi connectivity index (χ1v) is 7.95. The van der Waals surface area contributed by atoms with Gasteiger partial charge in [0, 0.05) is 16.7 Å². The van der Waals surface area contributed by atoms with E-state index >= 15 is 0 Å². The molecule has 0 atom stereocenters. The Morgan fingerprint density at radius 1 is 1.00 bits per heavy atom. The number of rotatable bonds is 3. The quantitative estimate of drug-likeness (QED) is 0.385. The molecule has 0 aliphatic rings. The first kappa shape index (κ1) is 16.0. The standard InChI is InChI=1S/C20H14FN3O2/c21-16-7-2-1-6-15(16)12-4-3-5-13(10-12)19-22-17-9-8-14(20(25)24-26)11-18(17)23-19/h1-11,26H,(H,22,23)(H,24,25). The van der Waals surface area contributed by atoms with E-state index in [9.17, 15) is 9.18 Å². The number of nitrogens with zero attached hydrogens (tertiary/aromatic N) is 1. The van der Waals surface area contributed by atoms with Crippen molar-refractivity contribution in [3.8, 4) is 22.5 Å². The average molecular weight is 347 g/mol. The Kier molecular flexibility index (Phi) is 3.95. The highest BCUT2D eigenvalue weighted by atomic mass is 19.1. The summed E-state index contributed by atoms with van der Waals surface area (Å²) in [5, 5.41) is 8.75. The van der Waals surface area contributed by atoms with Crippen LogP contribution in [0.15, 0.2) is 66.7 Å². The second kappa shape index (κ2) is 6.42. The number of carbonyl (C=O) groups is 1. The summed E-state index contributed by atoms with van der Waals surface area (Å²) < 4.78 is 14.0. The van der Waals surface area contributed by atoms with Crippen molar-refractivity contribution < 1.29 is 14.4 Å². The Morgan fingerprint density at radius 2 is 1.81 bits per heavy atom. The van der Waals surface area contributed by atoms with Crippen LogP contribution in [0.1, 0.15) is 10.4 Å². The average Bonchev–Trinajstić information content (AvgIpc) is 3.11. The van der Waals surface area contributed by atoms with Crippen LogP contribution >= 0.6 is 0 Å².